The summed E-state index contributed by atoms with van der Waals surface area (Å²) in [6.07, 6.45) is 2.76. The number of aromatic nitrogens is 2. The minimum atomic E-state index is -0.562. The number of hydrogen-bond donors (Lipinski definition) is 0. The highest BCUT2D eigenvalue weighted by atomic mass is 35.5. The van der Waals surface area contributed by atoms with E-state index in [1.807, 2.05) is 0 Å². The van der Waals surface area contributed by atoms with Crippen LogP contribution in [-0.2, 0) is 0 Å². The van der Waals surface area contributed by atoms with Crippen LogP contribution < -0.4 is 4.74 Å². The molecular weight excluding hydrogens is 254 g/mol. The molecule has 0 aliphatic rings. The summed E-state index contributed by atoms with van der Waals surface area (Å²) in [5.41, 5.74) is 0. The monoisotopic (exact) mass is 258 g/mol. The van der Waals surface area contributed by atoms with Crippen LogP contribution in [0.4, 0.5) is 4.39 Å². The van der Waals surface area contributed by atoms with E-state index in [0.717, 1.165) is 0 Å². The molecule has 0 N–H and O–H groups in total. The molecule has 0 spiro atoms. The largest absolute Gasteiger partial charge is 0.435 e. The minimum absolute atomic E-state index is 0.136. The Labute approximate surface area is 101 Å². The van der Waals surface area contributed by atoms with E-state index in [9.17, 15) is 4.39 Å². The lowest BCUT2D eigenvalue weighted by Gasteiger charge is -2.05. The summed E-state index contributed by atoms with van der Waals surface area (Å²) in [4.78, 5) is 7.49. The van der Waals surface area contributed by atoms with Crippen LogP contribution in [0.5, 0.6) is 11.6 Å². The highest BCUT2D eigenvalue weighted by molar-refractivity contribution is 6.41. The van der Waals surface area contributed by atoms with Crippen LogP contribution in [0.3, 0.4) is 0 Å². The van der Waals surface area contributed by atoms with Gasteiger partial charge in [0, 0.05) is 12.3 Å². The third kappa shape index (κ3) is 2.40. The third-order valence-corrected chi connectivity index (χ3v) is 2.40. The Morgan fingerprint density at radius 1 is 1.25 bits per heavy atom. The number of hydrogen-bond acceptors (Lipinski definition) is 3. The lowest BCUT2D eigenvalue weighted by molar-refractivity contribution is 0.421. The fraction of sp³-hybridized carbons (Fsp3) is 0. The highest BCUT2D eigenvalue weighted by Gasteiger charge is 2.07. The van der Waals surface area contributed by atoms with Gasteiger partial charge in [0.05, 0.1) is 11.2 Å². The van der Waals surface area contributed by atoms with E-state index in [4.69, 9.17) is 27.9 Å². The average Bonchev–Trinajstić information content (AvgIpc) is 2.27. The van der Waals surface area contributed by atoms with Gasteiger partial charge in [-0.15, -0.1) is 0 Å². The predicted molar refractivity (Wildman–Crippen MR) is 58.5 cm³/mol. The van der Waals surface area contributed by atoms with Crippen LogP contribution in [0, 0.1) is 5.82 Å². The molecule has 2 rings (SSSR count). The number of rotatable bonds is 2. The molecule has 0 bridgehead atoms. The second kappa shape index (κ2) is 4.63. The Morgan fingerprint density at radius 3 is 2.75 bits per heavy atom. The normalized spacial score (nSPS) is 10.2. The van der Waals surface area contributed by atoms with Gasteiger partial charge in [-0.1, -0.05) is 23.2 Å². The second-order valence-electron chi connectivity index (χ2n) is 2.84. The first kappa shape index (κ1) is 11.1. The predicted octanol–water partition coefficient (Wildman–Crippen LogP) is 3.71. The standard InChI is InChI=1S/C10H5Cl2FN2O/c11-7-4-6(5-15-9(7)12)16-10-8(13)2-1-3-14-10/h1-5H. The Morgan fingerprint density at radius 2 is 2.06 bits per heavy atom. The maximum absolute atomic E-state index is 13.2. The van der Waals surface area contributed by atoms with Crippen LogP contribution in [0.1, 0.15) is 0 Å². The fourth-order valence-corrected chi connectivity index (χ4v) is 1.28. The van der Waals surface area contributed by atoms with Crippen LogP contribution in [-0.4, -0.2) is 9.97 Å². The minimum Gasteiger partial charge on any atom is -0.435 e. The molecule has 0 aliphatic heterocycles. The van der Waals surface area contributed by atoms with Gasteiger partial charge in [-0.2, -0.15) is 0 Å². The maximum atomic E-state index is 13.2. The summed E-state index contributed by atoms with van der Waals surface area (Å²) in [5, 5.41) is 0.394. The van der Waals surface area contributed by atoms with E-state index in [2.05, 4.69) is 9.97 Å². The Balaban J connectivity index is 2.28. The van der Waals surface area contributed by atoms with Gasteiger partial charge >= 0.3 is 0 Å². The number of nitrogens with zero attached hydrogens (tertiary/aromatic N) is 2. The molecule has 0 atom stereocenters. The first-order valence-corrected chi connectivity index (χ1v) is 5.02. The molecule has 0 amide bonds. The van der Waals surface area contributed by atoms with Crippen molar-refractivity contribution in [2.75, 3.05) is 0 Å². The third-order valence-electron chi connectivity index (χ3n) is 1.71. The molecule has 0 saturated carbocycles. The van der Waals surface area contributed by atoms with Gasteiger partial charge in [0.15, 0.2) is 5.82 Å². The molecule has 0 aromatic carbocycles. The molecule has 0 unspecified atom stereocenters. The summed E-state index contributed by atoms with van der Waals surface area (Å²) in [6.45, 7) is 0. The summed E-state index contributed by atoms with van der Waals surface area (Å²) in [6, 6.07) is 4.15. The van der Waals surface area contributed by atoms with Crippen LogP contribution >= 0.6 is 23.2 Å². The van der Waals surface area contributed by atoms with Crippen molar-refractivity contribution in [3.63, 3.8) is 0 Å². The van der Waals surface area contributed by atoms with Crippen molar-refractivity contribution < 1.29 is 9.13 Å². The maximum Gasteiger partial charge on any atom is 0.255 e. The van der Waals surface area contributed by atoms with Gasteiger partial charge in [-0.05, 0) is 12.1 Å². The van der Waals surface area contributed by atoms with Gasteiger partial charge < -0.3 is 4.74 Å². The summed E-state index contributed by atoms with van der Waals surface area (Å²) >= 11 is 11.4. The van der Waals surface area contributed by atoms with Crippen molar-refractivity contribution in [3.8, 4) is 11.6 Å². The van der Waals surface area contributed by atoms with Crippen LogP contribution in [0.25, 0.3) is 0 Å². The molecular formula is C10H5Cl2FN2O. The highest BCUT2D eigenvalue weighted by Crippen LogP contribution is 2.27. The molecule has 0 aliphatic carbocycles. The zero-order valence-electron chi connectivity index (χ0n) is 7.82. The van der Waals surface area contributed by atoms with Crippen LogP contribution in [0.15, 0.2) is 30.6 Å². The zero-order valence-corrected chi connectivity index (χ0v) is 9.34. The molecule has 16 heavy (non-hydrogen) atoms. The quantitative estimate of drug-likeness (QED) is 0.771. The van der Waals surface area contributed by atoms with Crippen molar-refractivity contribution in [1.29, 1.82) is 0 Å². The molecule has 0 fully saturated rings. The Bertz CT molecular complexity index is 522. The molecule has 2 aromatic heterocycles. The first-order valence-electron chi connectivity index (χ1n) is 4.26. The van der Waals surface area contributed by atoms with Gasteiger partial charge in [0.2, 0.25) is 0 Å². The molecule has 2 heterocycles. The van der Waals surface area contributed by atoms with Gasteiger partial charge in [0.25, 0.3) is 5.88 Å². The number of ether oxygens (including phenoxy) is 1. The Hall–Kier alpha value is -1.39. The lowest BCUT2D eigenvalue weighted by atomic mass is 10.4. The zero-order chi connectivity index (χ0) is 11.5. The topological polar surface area (TPSA) is 35.0 Å². The van der Waals surface area contributed by atoms with Crippen molar-refractivity contribution in [3.05, 3.63) is 46.6 Å². The summed E-state index contributed by atoms with van der Waals surface area (Å²) < 4.78 is 18.3. The molecule has 0 radical (unpaired) electrons. The van der Waals surface area contributed by atoms with Gasteiger partial charge in [0.1, 0.15) is 10.9 Å². The number of pyridine rings is 2. The van der Waals surface area contributed by atoms with E-state index >= 15 is 0 Å². The van der Waals surface area contributed by atoms with E-state index < -0.39 is 5.82 Å². The number of halogens is 3. The SMILES string of the molecule is Fc1cccnc1Oc1cnc(Cl)c(Cl)c1. The fourth-order valence-electron chi connectivity index (χ4n) is 1.02. The van der Waals surface area contributed by atoms with Crippen molar-refractivity contribution in [2.45, 2.75) is 0 Å². The molecule has 0 saturated heterocycles. The molecule has 6 heteroatoms. The summed E-state index contributed by atoms with van der Waals surface area (Å²) in [7, 11) is 0. The first-order chi connectivity index (χ1) is 7.66. The lowest BCUT2D eigenvalue weighted by Crippen LogP contribution is -1.92. The van der Waals surface area contributed by atoms with Crippen molar-refractivity contribution in [1.82, 2.24) is 9.97 Å². The second-order valence-corrected chi connectivity index (χ2v) is 3.60. The Kier molecular flexibility index (Phi) is 3.22. The van der Waals surface area contributed by atoms with E-state index in [1.165, 1.54) is 30.6 Å². The molecule has 82 valence electrons. The van der Waals surface area contributed by atoms with Gasteiger partial charge in [-0.3, -0.25) is 0 Å². The average molecular weight is 259 g/mol. The van der Waals surface area contributed by atoms with Crippen molar-refractivity contribution in [2.24, 2.45) is 0 Å². The van der Waals surface area contributed by atoms with Gasteiger partial charge in [-0.25, -0.2) is 14.4 Å². The van der Waals surface area contributed by atoms with Crippen molar-refractivity contribution >= 4 is 23.2 Å². The molecule has 3 nitrogen and oxygen atoms in total. The van der Waals surface area contributed by atoms with E-state index in [1.54, 1.807) is 0 Å². The van der Waals surface area contributed by atoms with E-state index in [-0.39, 0.29) is 21.8 Å². The molecule has 2 aromatic rings. The smallest absolute Gasteiger partial charge is 0.255 e. The summed E-state index contributed by atoms with van der Waals surface area (Å²) in [5.74, 6) is -0.428. The van der Waals surface area contributed by atoms with Crippen LogP contribution in [0.2, 0.25) is 10.2 Å². The van der Waals surface area contributed by atoms with E-state index in [0.29, 0.717) is 0 Å².